The van der Waals surface area contributed by atoms with Crippen LogP contribution in [0.2, 0.25) is 0 Å². The van der Waals surface area contributed by atoms with E-state index in [0.717, 1.165) is 18.4 Å². The molecule has 0 aliphatic heterocycles. The Morgan fingerprint density at radius 3 is 2.30 bits per heavy atom. The zero-order valence-corrected chi connectivity index (χ0v) is 20.1. The lowest BCUT2D eigenvalue weighted by Gasteiger charge is -2.33. The van der Waals surface area contributed by atoms with Crippen LogP contribution in [0.1, 0.15) is 57.6 Å². The van der Waals surface area contributed by atoms with Gasteiger partial charge in [0.15, 0.2) is 0 Å². The van der Waals surface area contributed by atoms with Crippen molar-refractivity contribution in [1.82, 2.24) is 4.90 Å². The molecule has 2 rings (SSSR count). The molecular formula is C25H37NO7. The first-order valence-corrected chi connectivity index (χ1v) is 11.5. The van der Waals surface area contributed by atoms with E-state index in [0.29, 0.717) is 26.1 Å². The third-order valence-corrected chi connectivity index (χ3v) is 6.65. The Morgan fingerprint density at radius 2 is 1.76 bits per heavy atom. The molecule has 0 saturated heterocycles. The van der Waals surface area contributed by atoms with Crippen molar-refractivity contribution in [2.75, 3.05) is 34.0 Å². The molecule has 1 N–H and O–H groups in total. The van der Waals surface area contributed by atoms with Crippen molar-refractivity contribution in [3.8, 4) is 0 Å². The minimum atomic E-state index is -0.946. The fourth-order valence-corrected chi connectivity index (χ4v) is 4.41. The molecule has 0 bridgehead atoms. The van der Waals surface area contributed by atoms with Gasteiger partial charge in [0.05, 0.1) is 37.2 Å². The maximum atomic E-state index is 13.4. The maximum absolute atomic E-state index is 13.4. The average Bonchev–Trinajstić information content (AvgIpc) is 3.29. The van der Waals surface area contributed by atoms with E-state index < -0.39 is 35.4 Å². The number of rotatable bonds is 13. The van der Waals surface area contributed by atoms with Gasteiger partial charge in [-0.05, 0) is 31.7 Å². The van der Waals surface area contributed by atoms with Crippen molar-refractivity contribution in [2.24, 2.45) is 11.3 Å². The van der Waals surface area contributed by atoms with Crippen LogP contribution < -0.4 is 0 Å². The molecule has 1 aromatic carbocycles. The molecule has 8 heteroatoms. The van der Waals surface area contributed by atoms with Crippen LogP contribution in [0.25, 0.3) is 0 Å². The van der Waals surface area contributed by atoms with E-state index in [1.807, 2.05) is 37.3 Å². The number of nitrogens with zero attached hydrogens (tertiary/aromatic N) is 1. The molecule has 33 heavy (non-hydrogen) atoms. The predicted molar refractivity (Wildman–Crippen MR) is 123 cm³/mol. The third kappa shape index (κ3) is 7.27. The first-order valence-electron chi connectivity index (χ1n) is 11.5. The van der Waals surface area contributed by atoms with E-state index in [-0.39, 0.29) is 18.9 Å². The quantitative estimate of drug-likeness (QED) is 0.353. The Bertz CT molecular complexity index is 776. The third-order valence-electron chi connectivity index (χ3n) is 6.65. The molecule has 0 heterocycles. The summed E-state index contributed by atoms with van der Waals surface area (Å²) in [6.45, 7) is 4.01. The summed E-state index contributed by atoms with van der Waals surface area (Å²) in [5, 5.41) is 9.93. The number of carboxylic acids is 1. The number of esters is 1. The summed E-state index contributed by atoms with van der Waals surface area (Å²) in [7, 11) is 3.23. The van der Waals surface area contributed by atoms with E-state index in [2.05, 4.69) is 0 Å². The molecule has 8 nitrogen and oxygen atoms in total. The molecule has 0 spiro atoms. The lowest BCUT2D eigenvalue weighted by molar-refractivity contribution is -0.165. The van der Waals surface area contributed by atoms with Crippen molar-refractivity contribution in [2.45, 2.75) is 58.1 Å². The van der Waals surface area contributed by atoms with E-state index >= 15 is 0 Å². The van der Waals surface area contributed by atoms with Gasteiger partial charge in [-0.3, -0.25) is 14.4 Å². The number of carbonyl (C=O) groups is 3. The van der Waals surface area contributed by atoms with E-state index in [1.54, 1.807) is 14.2 Å². The number of benzene rings is 1. The first-order chi connectivity index (χ1) is 15.7. The van der Waals surface area contributed by atoms with Gasteiger partial charge in [0, 0.05) is 21.1 Å². The first kappa shape index (κ1) is 26.8. The molecule has 0 aromatic heterocycles. The minimum absolute atomic E-state index is 0.0513. The van der Waals surface area contributed by atoms with Crippen LogP contribution in [0.3, 0.4) is 0 Å². The van der Waals surface area contributed by atoms with Crippen LogP contribution in [0.5, 0.6) is 0 Å². The second kappa shape index (κ2) is 12.7. The van der Waals surface area contributed by atoms with Crippen LogP contribution >= 0.6 is 0 Å². The van der Waals surface area contributed by atoms with Crippen molar-refractivity contribution < 1.29 is 33.7 Å². The molecule has 1 aliphatic rings. The summed E-state index contributed by atoms with van der Waals surface area (Å²) >= 11 is 0. The molecule has 1 fully saturated rings. The monoisotopic (exact) mass is 463 g/mol. The standard InChI is InChI=1S/C25H37NO7/c1-18(26(3)19(2)27)22(20-10-6-5-7-11-20)33-23(28)21(17-32-15-14-31-4)16-25(24(29)30)12-8-9-13-25/h5-7,10-11,18,21-22H,8-9,12-17H2,1-4H3,(H,29,30)/t18?,21-,22?/m0/s1. The lowest BCUT2D eigenvalue weighted by Crippen LogP contribution is -2.41. The Labute approximate surface area is 196 Å². The van der Waals surface area contributed by atoms with Gasteiger partial charge >= 0.3 is 11.9 Å². The molecule has 1 saturated carbocycles. The topological polar surface area (TPSA) is 102 Å². The van der Waals surface area contributed by atoms with E-state index in [9.17, 15) is 19.5 Å². The highest BCUT2D eigenvalue weighted by atomic mass is 16.6. The van der Waals surface area contributed by atoms with Crippen LogP contribution in [0.4, 0.5) is 0 Å². The van der Waals surface area contributed by atoms with Gasteiger partial charge in [0.25, 0.3) is 0 Å². The van der Waals surface area contributed by atoms with Gasteiger partial charge < -0.3 is 24.2 Å². The number of carbonyl (C=O) groups excluding carboxylic acids is 2. The maximum Gasteiger partial charge on any atom is 0.312 e. The smallest absolute Gasteiger partial charge is 0.312 e. The Hall–Kier alpha value is -2.45. The number of amides is 1. The van der Waals surface area contributed by atoms with Gasteiger partial charge in [-0.2, -0.15) is 0 Å². The van der Waals surface area contributed by atoms with E-state index in [4.69, 9.17) is 14.2 Å². The molecule has 1 aromatic rings. The highest BCUT2D eigenvalue weighted by Gasteiger charge is 2.45. The van der Waals surface area contributed by atoms with Crippen molar-refractivity contribution in [3.05, 3.63) is 35.9 Å². The summed E-state index contributed by atoms with van der Waals surface area (Å²) < 4.78 is 16.6. The number of aliphatic carboxylic acids is 1. The summed E-state index contributed by atoms with van der Waals surface area (Å²) in [4.78, 5) is 39.0. The number of methoxy groups -OCH3 is 1. The molecule has 184 valence electrons. The fraction of sp³-hybridized carbons (Fsp3) is 0.640. The average molecular weight is 464 g/mol. The van der Waals surface area contributed by atoms with Crippen LogP contribution in [0, 0.1) is 11.3 Å². The highest BCUT2D eigenvalue weighted by molar-refractivity contribution is 5.78. The predicted octanol–water partition coefficient (Wildman–Crippen LogP) is 3.45. The molecule has 0 radical (unpaired) electrons. The number of hydrogen-bond donors (Lipinski definition) is 1. The summed E-state index contributed by atoms with van der Waals surface area (Å²) in [6.07, 6.45) is 2.19. The van der Waals surface area contributed by atoms with Gasteiger partial charge in [-0.1, -0.05) is 43.2 Å². The summed E-state index contributed by atoms with van der Waals surface area (Å²) in [6, 6.07) is 8.85. The van der Waals surface area contributed by atoms with Crippen LogP contribution in [-0.4, -0.2) is 67.9 Å². The fourth-order valence-electron chi connectivity index (χ4n) is 4.41. The lowest BCUT2D eigenvalue weighted by atomic mass is 9.78. The van der Waals surface area contributed by atoms with E-state index in [1.165, 1.54) is 11.8 Å². The largest absolute Gasteiger partial charge is 0.481 e. The summed E-state index contributed by atoms with van der Waals surface area (Å²) in [5.41, 5.74) is -0.183. The number of ether oxygens (including phenoxy) is 3. The summed E-state index contributed by atoms with van der Waals surface area (Å²) in [5.74, 6) is -2.27. The second-order valence-electron chi connectivity index (χ2n) is 8.90. The van der Waals surface area contributed by atoms with Gasteiger partial charge in [0.1, 0.15) is 6.10 Å². The Kier molecular flexibility index (Phi) is 10.3. The van der Waals surface area contributed by atoms with Crippen molar-refractivity contribution >= 4 is 17.8 Å². The zero-order valence-electron chi connectivity index (χ0n) is 20.1. The van der Waals surface area contributed by atoms with Crippen LogP contribution in [0.15, 0.2) is 30.3 Å². The highest BCUT2D eigenvalue weighted by Crippen LogP contribution is 2.44. The number of hydrogen-bond acceptors (Lipinski definition) is 6. The molecule has 1 amide bonds. The normalized spacial score (nSPS) is 17.7. The SMILES string of the molecule is COCCOC[C@H](CC1(C(=O)O)CCCC1)C(=O)OC(c1ccccc1)C(C)N(C)C(C)=O. The second-order valence-corrected chi connectivity index (χ2v) is 8.90. The van der Waals surface area contributed by atoms with Gasteiger partial charge in [-0.25, -0.2) is 0 Å². The Morgan fingerprint density at radius 1 is 1.12 bits per heavy atom. The number of carboxylic acid groups (broad SMARTS) is 1. The molecule has 1 aliphatic carbocycles. The molecule has 3 atom stereocenters. The molecular weight excluding hydrogens is 426 g/mol. The Balaban J connectivity index is 2.26. The number of likely N-dealkylation sites (N-methyl/N-ethyl adjacent to an activating group) is 1. The van der Waals surface area contributed by atoms with Crippen molar-refractivity contribution in [1.29, 1.82) is 0 Å². The van der Waals surface area contributed by atoms with Gasteiger partial charge in [-0.15, -0.1) is 0 Å². The zero-order chi connectivity index (χ0) is 24.4. The van der Waals surface area contributed by atoms with Crippen LogP contribution in [-0.2, 0) is 28.6 Å². The molecule has 2 unspecified atom stereocenters. The minimum Gasteiger partial charge on any atom is -0.481 e. The van der Waals surface area contributed by atoms with Crippen molar-refractivity contribution in [3.63, 3.8) is 0 Å². The van der Waals surface area contributed by atoms with Gasteiger partial charge in [0.2, 0.25) is 5.91 Å².